The van der Waals surface area contributed by atoms with Crippen molar-refractivity contribution in [3.05, 3.63) is 129 Å². The van der Waals surface area contributed by atoms with E-state index in [4.69, 9.17) is 54.7 Å². The number of rotatable bonds is 38. The maximum absolute atomic E-state index is 12.4. The van der Waals surface area contributed by atoms with Crippen molar-refractivity contribution >= 4 is 198 Å². The molecule has 0 aliphatic heterocycles. The third kappa shape index (κ3) is 30.2. The van der Waals surface area contributed by atoms with E-state index < -0.39 is 122 Å². The highest BCUT2D eigenvalue weighted by Gasteiger charge is 2.25. The number of pyridine rings is 1. The molecule has 0 aliphatic rings. The molecule has 0 saturated carbocycles. The van der Waals surface area contributed by atoms with Gasteiger partial charge in [0.05, 0.1) is 87.7 Å². The number of nitrogens with one attached hydrogen (secondary N) is 2. The molecule has 6 aromatic carbocycles. The molecule has 54 heteroatoms. The first-order valence-electron chi connectivity index (χ1n) is 33.7. The van der Waals surface area contributed by atoms with E-state index in [-0.39, 0.29) is 144 Å². The van der Waals surface area contributed by atoms with Crippen LogP contribution in [0, 0.1) is 49.1 Å². The molecule has 119 heavy (non-hydrogen) atoms. The number of fused-ring (bicyclic) bond motifs is 3. The summed E-state index contributed by atoms with van der Waals surface area (Å²) < 4.78 is 238. The molecule has 44 nitrogen and oxygen atoms in total. The molecule has 0 amide bonds. The highest BCUT2D eigenvalue weighted by Crippen LogP contribution is 2.46. The quantitative estimate of drug-likeness (QED) is 0.00445. The van der Waals surface area contributed by atoms with Gasteiger partial charge in [0.25, 0.3) is 56.3 Å². The fourth-order valence-electron chi connectivity index (χ4n) is 10.1. The lowest BCUT2D eigenvalue weighted by molar-refractivity contribution is -0.385. The molecular formula is C65H69N17O27S10. The van der Waals surface area contributed by atoms with Crippen molar-refractivity contribution in [2.75, 3.05) is 71.2 Å². The monoisotopic (exact) mass is 1840 g/mol. The number of hydrogen-bond donors (Lipinski definition) is 8. The molecule has 0 spiro atoms. The summed E-state index contributed by atoms with van der Waals surface area (Å²) >= 11 is 3.04. The van der Waals surface area contributed by atoms with Crippen molar-refractivity contribution in [3.8, 4) is 29.2 Å². The van der Waals surface area contributed by atoms with Crippen LogP contribution in [-0.2, 0) is 71.8 Å². The SMILES string of the molecule is CCCOc1ccc(C)cc1Nc1nc(Nc2cc(N=Nc3cc(OCCCS(=O)(=O)O)c(N=Nc4c(C)c(C#N)c5nc6cc(OC)ccc6n5c4O)cc3C)c(SCCCS(=O)(=O)O)cc2N=Nc2cc(C)c(N=Nc3ccc([N+](=O)[O-])cc3S(=O)(=O)O)cc2SCCCS(=O)(=O)O)nc(SCCCS(=O)(=O)O)n1.O=S(=O)=O.O=S(=O)=O. The van der Waals surface area contributed by atoms with Crippen LogP contribution in [0.15, 0.2) is 152 Å². The van der Waals surface area contributed by atoms with Gasteiger partial charge in [0.1, 0.15) is 56.5 Å². The van der Waals surface area contributed by atoms with E-state index in [1.54, 1.807) is 44.2 Å². The lowest BCUT2D eigenvalue weighted by Crippen LogP contribution is -2.08. The van der Waals surface area contributed by atoms with Crippen LogP contribution in [0.25, 0.3) is 16.7 Å². The second-order valence-corrected chi connectivity index (χ2v) is 36.2. The summed E-state index contributed by atoms with van der Waals surface area (Å²) in [6.45, 7) is 8.46. The summed E-state index contributed by atoms with van der Waals surface area (Å²) in [6.07, 6.45) is 0.148. The van der Waals surface area contributed by atoms with Crippen LogP contribution in [0.3, 0.4) is 0 Å². The van der Waals surface area contributed by atoms with E-state index in [9.17, 15) is 85.3 Å². The summed E-state index contributed by atoms with van der Waals surface area (Å²) in [5.41, 5.74) is 1.88. The number of nitro benzene ring substituents is 1. The number of nitro groups is 1. The molecule has 0 saturated heterocycles. The van der Waals surface area contributed by atoms with Crippen LogP contribution in [0.5, 0.6) is 23.1 Å². The van der Waals surface area contributed by atoms with Gasteiger partial charge in [0.2, 0.25) is 17.8 Å². The van der Waals surface area contributed by atoms with Crippen LogP contribution in [0.4, 0.5) is 74.5 Å². The summed E-state index contributed by atoms with van der Waals surface area (Å²) in [7, 11) is -27.6. The number of methoxy groups -OCH3 is 1. The molecular weight excluding hydrogens is 1770 g/mol. The molecule has 0 atom stereocenters. The number of nitriles is 1. The Labute approximate surface area is 694 Å². The highest BCUT2D eigenvalue weighted by molar-refractivity contribution is 8.00. The second kappa shape index (κ2) is 42.7. The van der Waals surface area contributed by atoms with Gasteiger partial charge >= 0.3 is 21.2 Å². The number of non-ortho nitro benzene ring substituents is 1. The van der Waals surface area contributed by atoms with Crippen molar-refractivity contribution < 1.29 is 114 Å². The molecule has 0 unspecified atom stereocenters. The maximum Gasteiger partial charge on any atom is 0.425 e. The van der Waals surface area contributed by atoms with Gasteiger partial charge < -0.3 is 30.0 Å². The predicted molar refractivity (Wildman–Crippen MR) is 433 cm³/mol. The fraction of sp³-hybridized carbons (Fsp3) is 0.308. The first-order valence-corrected chi connectivity index (χ1v) is 46.6. The van der Waals surface area contributed by atoms with E-state index in [0.29, 0.717) is 58.4 Å². The number of aromatic nitrogens is 5. The van der Waals surface area contributed by atoms with Crippen LogP contribution >= 0.6 is 35.3 Å². The number of azo groups is 4. The summed E-state index contributed by atoms with van der Waals surface area (Å²) in [6, 6.07) is 23.5. The van der Waals surface area contributed by atoms with Gasteiger partial charge in [-0.3, -0.25) is 37.3 Å². The molecule has 0 aliphatic carbocycles. The highest BCUT2D eigenvalue weighted by atomic mass is 32.2. The largest absolute Gasteiger partial charge is 0.497 e. The molecule has 9 rings (SSSR count). The Kier molecular flexibility index (Phi) is 34.2. The van der Waals surface area contributed by atoms with Crippen LogP contribution < -0.4 is 24.8 Å². The molecule has 0 bridgehead atoms. The zero-order valence-electron chi connectivity index (χ0n) is 62.6. The Hall–Kier alpha value is -10.8. The van der Waals surface area contributed by atoms with Gasteiger partial charge in [-0.05, 0) is 149 Å². The minimum Gasteiger partial charge on any atom is -0.497 e. The fourth-order valence-corrected chi connectivity index (χ4v) is 16.0. The Morgan fingerprint density at radius 3 is 1.59 bits per heavy atom. The van der Waals surface area contributed by atoms with E-state index in [0.717, 1.165) is 53.0 Å². The van der Waals surface area contributed by atoms with E-state index in [2.05, 4.69) is 62.3 Å². The molecule has 636 valence electrons. The number of anilines is 4. The normalized spacial score (nSPS) is 12.1. The van der Waals surface area contributed by atoms with E-state index in [1.165, 1.54) is 54.8 Å². The Balaban J connectivity index is 0.00000233. The Bertz CT molecular complexity index is 6350. The number of thioether (sulfide) groups is 3. The van der Waals surface area contributed by atoms with Gasteiger partial charge in [0, 0.05) is 45.4 Å². The van der Waals surface area contributed by atoms with Crippen molar-refractivity contribution in [3.63, 3.8) is 0 Å². The number of hydrogen-bond acceptors (Lipinski definition) is 40. The minimum atomic E-state index is -5.11. The van der Waals surface area contributed by atoms with Crippen molar-refractivity contribution in [2.45, 2.75) is 86.6 Å². The standard InChI is InChI=1S/C65H69N17O21S8.2O3S/c1-7-18-102-55-17-12-37(2)27-50(55)69-64-70-63(71-65(72-64)106-22-11-26-110(95,96)97)68-47-32-53(79-74-45-33-56(103-19-8-23-107(86,87)88)51(28-38(45)3)77-80-60-40(5)43(36-66)61-67-49-31-42(101-6)14-16-54(49)81(61)62(60)83)58(105-21-10-25-109(92,93)94)35-48(47)76-78-52-29-39(4)46(34-57(52)104-20-9-24-108(89,90)91)75-73-44-15-13-41(82(84)85)30-59(44)111(98,99)100;2*1-4(2)3/h12-17,27-35,83H,7-11,18-26H2,1-6H3,(H,86,87,88)(H,89,90,91)(H,92,93,94)(H,95,96,97)(H,98,99,100)(H2,68,69,70,71,72);;. The van der Waals surface area contributed by atoms with Crippen LogP contribution in [0.1, 0.15) is 66.8 Å². The number of ether oxygens (including phenoxy) is 3. The van der Waals surface area contributed by atoms with Crippen LogP contribution in [0.2, 0.25) is 0 Å². The Morgan fingerprint density at radius 1 is 0.546 bits per heavy atom. The zero-order valence-corrected chi connectivity index (χ0v) is 70.8. The lowest BCUT2D eigenvalue weighted by atomic mass is 10.1. The van der Waals surface area contributed by atoms with Crippen LogP contribution in [-0.4, -0.2) is 185 Å². The number of nitrogens with zero attached hydrogens (tertiary/aromatic N) is 15. The summed E-state index contributed by atoms with van der Waals surface area (Å²) in [5.74, 6) is -2.46. The number of aromatic hydroxyl groups is 1. The van der Waals surface area contributed by atoms with Gasteiger partial charge in [-0.25, -0.2) is 4.98 Å². The van der Waals surface area contributed by atoms with Gasteiger partial charge in [0.15, 0.2) is 16.5 Å². The minimum absolute atomic E-state index is 0.00531. The average Bonchev–Trinajstić information content (AvgIpc) is 1.59. The predicted octanol–water partition coefficient (Wildman–Crippen LogP) is 13.3. The maximum atomic E-state index is 12.4. The van der Waals surface area contributed by atoms with Gasteiger partial charge in [-0.1, -0.05) is 24.8 Å². The molecule has 0 fully saturated rings. The van der Waals surface area contributed by atoms with Crippen molar-refractivity contribution in [1.82, 2.24) is 24.3 Å². The van der Waals surface area contributed by atoms with Crippen molar-refractivity contribution in [1.29, 1.82) is 5.26 Å². The third-order valence-electron chi connectivity index (χ3n) is 15.4. The molecule has 9 aromatic rings. The van der Waals surface area contributed by atoms with Gasteiger partial charge in [-0.15, -0.1) is 79.5 Å². The summed E-state index contributed by atoms with van der Waals surface area (Å²) in [4.78, 5) is 28.8. The number of imidazole rings is 1. The summed E-state index contributed by atoms with van der Waals surface area (Å²) in [5, 5.41) is 76.0. The molecule has 8 N–H and O–H groups in total. The van der Waals surface area contributed by atoms with Gasteiger partial charge in [-0.2, -0.15) is 72.5 Å². The molecule has 3 heterocycles. The van der Waals surface area contributed by atoms with E-state index >= 15 is 0 Å². The van der Waals surface area contributed by atoms with Crippen molar-refractivity contribution in [2.24, 2.45) is 40.9 Å². The van der Waals surface area contributed by atoms with E-state index in [1.807, 2.05) is 19.9 Å². The molecule has 0 radical (unpaired) electrons. The molecule has 3 aromatic heterocycles. The Morgan fingerprint density at radius 2 is 1.04 bits per heavy atom. The smallest absolute Gasteiger partial charge is 0.425 e. The second-order valence-electron chi connectivity index (χ2n) is 24.4. The first-order chi connectivity index (χ1) is 55.8. The number of aryl methyl sites for hydroxylation is 3. The zero-order chi connectivity index (χ0) is 87.9. The topological polar surface area (TPSA) is 668 Å². The average molecular weight is 1840 g/mol. The first kappa shape index (κ1) is 95.4. The number of benzene rings is 6. The lowest BCUT2D eigenvalue weighted by Gasteiger charge is -2.15. The third-order valence-corrected chi connectivity index (χ3v) is 22.7.